The van der Waals surface area contributed by atoms with Crippen LogP contribution in [-0.4, -0.2) is 13.0 Å². The van der Waals surface area contributed by atoms with Gasteiger partial charge in [-0.3, -0.25) is 4.79 Å². The Labute approximate surface area is 163 Å². The summed E-state index contributed by atoms with van der Waals surface area (Å²) in [6.45, 7) is 0. The average molecular weight is 380 g/mol. The van der Waals surface area contributed by atoms with E-state index in [0.29, 0.717) is 22.2 Å². The van der Waals surface area contributed by atoms with Crippen molar-refractivity contribution < 1.29 is 14.3 Å². The van der Waals surface area contributed by atoms with Crippen LogP contribution in [0.2, 0.25) is 5.02 Å². The van der Waals surface area contributed by atoms with E-state index in [1.807, 2.05) is 54.6 Å². The van der Waals surface area contributed by atoms with Gasteiger partial charge in [0.1, 0.15) is 11.5 Å². The van der Waals surface area contributed by atoms with E-state index in [9.17, 15) is 4.79 Å². The highest BCUT2D eigenvalue weighted by molar-refractivity contribution is 6.31. The zero-order valence-corrected chi connectivity index (χ0v) is 15.4. The molecular formula is C22H18ClNO3. The lowest BCUT2D eigenvalue weighted by atomic mass is 10.2. The Morgan fingerprint density at radius 1 is 0.963 bits per heavy atom. The molecule has 0 unspecified atom stereocenters. The van der Waals surface area contributed by atoms with E-state index in [2.05, 4.69) is 5.32 Å². The molecule has 0 aliphatic rings. The molecule has 3 rings (SSSR count). The van der Waals surface area contributed by atoms with Gasteiger partial charge in [-0.15, -0.1) is 0 Å². The summed E-state index contributed by atoms with van der Waals surface area (Å²) in [5.41, 5.74) is 1.35. The minimum Gasteiger partial charge on any atom is -0.497 e. The van der Waals surface area contributed by atoms with Gasteiger partial charge >= 0.3 is 0 Å². The summed E-state index contributed by atoms with van der Waals surface area (Å²) in [5.74, 6) is 1.61. The second kappa shape index (κ2) is 8.92. The summed E-state index contributed by atoms with van der Waals surface area (Å²) < 4.78 is 11.0. The largest absolute Gasteiger partial charge is 0.497 e. The number of methoxy groups -OCH3 is 1. The topological polar surface area (TPSA) is 47.6 Å². The Hall–Kier alpha value is -3.24. The van der Waals surface area contributed by atoms with Crippen LogP contribution in [0.5, 0.6) is 17.2 Å². The number of para-hydroxylation sites is 1. The Balaban J connectivity index is 1.75. The van der Waals surface area contributed by atoms with E-state index >= 15 is 0 Å². The fraction of sp³-hybridized carbons (Fsp3) is 0.0455. The van der Waals surface area contributed by atoms with Gasteiger partial charge in [-0.05, 0) is 54.1 Å². The van der Waals surface area contributed by atoms with E-state index in [4.69, 9.17) is 21.1 Å². The number of hydrogen-bond donors (Lipinski definition) is 1. The molecule has 4 nitrogen and oxygen atoms in total. The first kappa shape index (κ1) is 18.5. The van der Waals surface area contributed by atoms with E-state index < -0.39 is 0 Å². The van der Waals surface area contributed by atoms with Crippen molar-refractivity contribution in [2.75, 3.05) is 12.4 Å². The molecule has 3 aromatic rings. The molecule has 3 aromatic carbocycles. The molecule has 0 radical (unpaired) electrons. The number of rotatable bonds is 6. The van der Waals surface area contributed by atoms with Gasteiger partial charge < -0.3 is 14.8 Å². The van der Waals surface area contributed by atoms with E-state index in [1.54, 1.807) is 31.4 Å². The highest BCUT2D eigenvalue weighted by Crippen LogP contribution is 2.32. The smallest absolute Gasteiger partial charge is 0.248 e. The number of ether oxygens (including phenoxy) is 2. The van der Waals surface area contributed by atoms with Crippen LogP contribution in [0.15, 0.2) is 78.9 Å². The van der Waals surface area contributed by atoms with Crippen LogP contribution in [0, 0.1) is 0 Å². The van der Waals surface area contributed by atoms with Crippen molar-refractivity contribution in [2.24, 2.45) is 0 Å². The highest BCUT2D eigenvalue weighted by atomic mass is 35.5. The molecule has 1 N–H and O–H groups in total. The minimum atomic E-state index is -0.294. The molecule has 27 heavy (non-hydrogen) atoms. The van der Waals surface area contributed by atoms with Crippen molar-refractivity contribution in [1.29, 1.82) is 0 Å². The van der Waals surface area contributed by atoms with Crippen LogP contribution < -0.4 is 14.8 Å². The number of benzene rings is 3. The molecule has 136 valence electrons. The molecule has 0 aliphatic heterocycles. The molecule has 0 aromatic heterocycles. The van der Waals surface area contributed by atoms with Crippen LogP contribution in [-0.2, 0) is 4.79 Å². The van der Waals surface area contributed by atoms with Crippen LogP contribution >= 0.6 is 11.6 Å². The summed E-state index contributed by atoms with van der Waals surface area (Å²) in [6.07, 6.45) is 3.15. The Morgan fingerprint density at radius 3 is 2.52 bits per heavy atom. The fourth-order valence-corrected chi connectivity index (χ4v) is 2.57. The number of amides is 1. The van der Waals surface area contributed by atoms with Crippen molar-refractivity contribution in [3.05, 3.63) is 89.5 Å². The average Bonchev–Trinajstić information content (AvgIpc) is 2.69. The normalized spacial score (nSPS) is 10.6. The highest BCUT2D eigenvalue weighted by Gasteiger charge is 2.08. The third-order valence-corrected chi connectivity index (χ3v) is 3.93. The lowest BCUT2D eigenvalue weighted by Gasteiger charge is -2.12. The number of hydrogen-bond acceptors (Lipinski definition) is 3. The molecular weight excluding hydrogens is 362 g/mol. The van der Waals surface area contributed by atoms with Crippen molar-refractivity contribution in [3.8, 4) is 17.2 Å². The van der Waals surface area contributed by atoms with Crippen LogP contribution in [0.3, 0.4) is 0 Å². The van der Waals surface area contributed by atoms with E-state index in [0.717, 1.165) is 11.3 Å². The predicted octanol–water partition coefficient (Wildman–Crippen LogP) is 5.79. The van der Waals surface area contributed by atoms with E-state index in [-0.39, 0.29) is 5.91 Å². The van der Waals surface area contributed by atoms with Gasteiger partial charge in [0.25, 0.3) is 0 Å². The summed E-state index contributed by atoms with van der Waals surface area (Å²) in [4.78, 5) is 12.3. The Morgan fingerprint density at radius 2 is 1.74 bits per heavy atom. The number of carbonyl (C=O) groups is 1. The predicted molar refractivity (Wildman–Crippen MR) is 109 cm³/mol. The molecule has 0 atom stereocenters. The monoisotopic (exact) mass is 379 g/mol. The zero-order valence-electron chi connectivity index (χ0n) is 14.7. The molecule has 1 amide bonds. The zero-order chi connectivity index (χ0) is 19.1. The third-order valence-electron chi connectivity index (χ3n) is 3.69. The van der Waals surface area contributed by atoms with Crippen LogP contribution in [0.25, 0.3) is 6.08 Å². The second-order valence-corrected chi connectivity index (χ2v) is 6.09. The summed E-state index contributed by atoms with van der Waals surface area (Å²) >= 11 is 6.07. The Bertz CT molecular complexity index is 955. The molecule has 0 aliphatic carbocycles. The Kier molecular flexibility index (Phi) is 6.13. The molecule has 5 heteroatoms. The molecule has 0 heterocycles. The first-order chi connectivity index (χ1) is 13.1. The van der Waals surface area contributed by atoms with Gasteiger partial charge in [-0.25, -0.2) is 0 Å². The fourth-order valence-electron chi connectivity index (χ4n) is 2.40. The lowest BCUT2D eigenvalue weighted by molar-refractivity contribution is -0.111. The van der Waals surface area contributed by atoms with Crippen LogP contribution in [0.1, 0.15) is 5.56 Å². The van der Waals surface area contributed by atoms with Gasteiger partial charge in [0.2, 0.25) is 5.91 Å². The molecule has 0 bridgehead atoms. The standard InChI is InChI=1S/C22H18ClNO3/c1-26-19-9-5-6-16(14-19)10-13-22(25)24-20-15-17(23)11-12-21(20)27-18-7-3-2-4-8-18/h2-15H,1H3,(H,24,25)/b13-10+. The summed E-state index contributed by atoms with van der Waals surface area (Å²) in [5, 5.41) is 3.31. The van der Waals surface area contributed by atoms with Crippen molar-refractivity contribution in [2.45, 2.75) is 0 Å². The lowest BCUT2D eigenvalue weighted by Crippen LogP contribution is -2.08. The maximum Gasteiger partial charge on any atom is 0.248 e. The van der Waals surface area contributed by atoms with Crippen molar-refractivity contribution in [1.82, 2.24) is 0 Å². The van der Waals surface area contributed by atoms with Gasteiger partial charge in [-0.2, -0.15) is 0 Å². The van der Waals surface area contributed by atoms with Gasteiger partial charge in [-0.1, -0.05) is 41.9 Å². The number of carbonyl (C=O) groups excluding carboxylic acids is 1. The SMILES string of the molecule is COc1cccc(/C=C/C(=O)Nc2cc(Cl)ccc2Oc2ccccc2)c1. The van der Waals surface area contributed by atoms with Crippen molar-refractivity contribution >= 4 is 29.3 Å². The van der Waals surface area contributed by atoms with Gasteiger partial charge in [0.15, 0.2) is 5.75 Å². The molecule has 0 saturated carbocycles. The number of anilines is 1. The second-order valence-electron chi connectivity index (χ2n) is 5.65. The molecule has 0 spiro atoms. The van der Waals surface area contributed by atoms with Gasteiger partial charge in [0, 0.05) is 11.1 Å². The summed E-state index contributed by atoms with van der Waals surface area (Å²) in [6, 6.07) is 21.8. The number of nitrogens with one attached hydrogen (secondary N) is 1. The summed E-state index contributed by atoms with van der Waals surface area (Å²) in [7, 11) is 1.60. The number of halogens is 1. The third kappa shape index (κ3) is 5.36. The quantitative estimate of drug-likeness (QED) is 0.551. The van der Waals surface area contributed by atoms with Crippen LogP contribution in [0.4, 0.5) is 5.69 Å². The minimum absolute atomic E-state index is 0.294. The maximum absolute atomic E-state index is 12.3. The molecule has 0 fully saturated rings. The van der Waals surface area contributed by atoms with Gasteiger partial charge in [0.05, 0.1) is 12.8 Å². The first-order valence-electron chi connectivity index (χ1n) is 8.29. The maximum atomic E-state index is 12.3. The van der Waals surface area contributed by atoms with Crippen molar-refractivity contribution in [3.63, 3.8) is 0 Å². The molecule has 0 saturated heterocycles. The first-order valence-corrected chi connectivity index (χ1v) is 8.67. The van der Waals surface area contributed by atoms with E-state index in [1.165, 1.54) is 6.08 Å².